The fourth-order valence-corrected chi connectivity index (χ4v) is 5.38. The van der Waals surface area contributed by atoms with Crippen LogP contribution in [0.3, 0.4) is 0 Å². The van der Waals surface area contributed by atoms with Crippen LogP contribution in [0.25, 0.3) is 0 Å². The van der Waals surface area contributed by atoms with Crippen molar-refractivity contribution in [2.24, 2.45) is 0 Å². The normalized spacial score (nSPS) is 13.4. The zero-order chi connectivity index (χ0) is 12.1. The number of esters is 1. The van der Waals surface area contributed by atoms with E-state index in [4.69, 9.17) is 4.74 Å². The summed E-state index contributed by atoms with van der Waals surface area (Å²) < 4.78 is 4.76. The van der Waals surface area contributed by atoms with Crippen molar-refractivity contribution in [2.45, 2.75) is 27.7 Å². The van der Waals surface area contributed by atoms with Gasteiger partial charge < -0.3 is 9.84 Å². The molecule has 0 aliphatic heterocycles. The Hall–Kier alpha value is -0.560. The van der Waals surface area contributed by atoms with E-state index in [9.17, 15) is 9.90 Å². The summed E-state index contributed by atoms with van der Waals surface area (Å²) >= 11 is 0. The largest absolute Gasteiger partial charge is 0.508 e. The Balaban J connectivity index is 5.41. The van der Waals surface area contributed by atoms with Crippen LogP contribution in [0.5, 0.6) is 0 Å². The molecule has 0 spiro atoms. The molecule has 88 valence electrons. The molecule has 0 radical (unpaired) electrons. The van der Waals surface area contributed by atoms with Gasteiger partial charge in [0.2, 0.25) is 5.31 Å². The van der Waals surface area contributed by atoms with Crippen molar-refractivity contribution in [1.29, 1.82) is 0 Å². The molecule has 0 saturated carbocycles. The summed E-state index contributed by atoms with van der Waals surface area (Å²) in [6.45, 7) is 7.80. The number of carbonyl (C=O) groups excluding carboxylic acids is 1. The highest BCUT2D eigenvalue weighted by Crippen LogP contribution is 2.65. The predicted octanol–water partition coefficient (Wildman–Crippen LogP) is 3.03. The van der Waals surface area contributed by atoms with Gasteiger partial charge in [0.1, 0.15) is 5.76 Å². The molecule has 0 amide bonds. The number of methoxy groups -OCH3 is 1. The van der Waals surface area contributed by atoms with Crippen LogP contribution in [0.2, 0.25) is 0 Å². The van der Waals surface area contributed by atoms with E-state index < -0.39 is 7.26 Å². The first-order chi connectivity index (χ1) is 6.98. The molecule has 0 heterocycles. The fraction of sp³-hybridized carbons (Fsp3) is 0.727. The number of ether oxygens (including phenoxy) is 1. The number of rotatable bonds is 5. The van der Waals surface area contributed by atoms with Crippen molar-refractivity contribution >= 4 is 13.2 Å². The molecule has 1 N–H and O–H groups in total. The minimum absolute atomic E-state index is 0.126. The summed E-state index contributed by atoms with van der Waals surface area (Å²) in [5.74, 6) is -0.241. The molecule has 4 heteroatoms. The molecule has 0 aliphatic rings. The minimum Gasteiger partial charge on any atom is -0.508 e. The minimum atomic E-state index is -1.52. The van der Waals surface area contributed by atoms with Crippen LogP contribution in [0.4, 0.5) is 0 Å². The van der Waals surface area contributed by atoms with Crippen LogP contribution in [0.15, 0.2) is 11.1 Å². The van der Waals surface area contributed by atoms with Gasteiger partial charge in [-0.1, -0.05) is 0 Å². The molecular weight excluding hydrogens is 211 g/mol. The molecule has 0 bridgehead atoms. The number of aliphatic hydroxyl groups is 1. The average molecular weight is 233 g/mol. The molecule has 15 heavy (non-hydrogen) atoms. The summed E-state index contributed by atoms with van der Waals surface area (Å²) in [5.41, 5.74) is 0. The van der Waals surface area contributed by atoms with Crippen LogP contribution >= 0.6 is 7.26 Å². The van der Waals surface area contributed by atoms with Crippen molar-refractivity contribution in [1.82, 2.24) is 0 Å². The van der Waals surface area contributed by atoms with Crippen molar-refractivity contribution < 1.29 is 14.6 Å². The van der Waals surface area contributed by atoms with Gasteiger partial charge in [0.25, 0.3) is 0 Å². The van der Waals surface area contributed by atoms with E-state index in [1.165, 1.54) is 7.11 Å². The van der Waals surface area contributed by atoms with E-state index in [1.54, 1.807) is 6.92 Å². The van der Waals surface area contributed by atoms with E-state index >= 15 is 0 Å². The van der Waals surface area contributed by atoms with Crippen molar-refractivity contribution in [2.75, 3.05) is 25.6 Å². The summed E-state index contributed by atoms with van der Waals surface area (Å²) in [4.78, 5) is 11.7. The van der Waals surface area contributed by atoms with E-state index in [0.29, 0.717) is 5.31 Å². The molecule has 0 aromatic carbocycles. The maximum absolute atomic E-state index is 11.7. The lowest BCUT2D eigenvalue weighted by molar-refractivity contribution is -0.135. The third kappa shape index (κ3) is 2.94. The smallest absolute Gasteiger partial charge is 0.376 e. The van der Waals surface area contributed by atoms with E-state index in [-0.39, 0.29) is 11.7 Å². The molecule has 0 atom stereocenters. The van der Waals surface area contributed by atoms with Crippen LogP contribution in [-0.4, -0.2) is 36.7 Å². The summed E-state index contributed by atoms with van der Waals surface area (Å²) in [7, 11) is -0.161. The van der Waals surface area contributed by atoms with Crippen LogP contribution in [0, 0.1) is 0 Å². The number of carbonyl (C=O) groups is 1. The van der Waals surface area contributed by atoms with Gasteiger partial charge in [0.05, 0.1) is 32.9 Å². The SMILES string of the molecule is CC[P+](CC)(CC)/C(C(=O)OC)=C(\C)O. The Kier molecular flexibility index (Phi) is 5.89. The highest BCUT2D eigenvalue weighted by molar-refractivity contribution is 7.80. The second-order valence-corrected chi connectivity index (χ2v) is 8.15. The molecular formula is C11H22O3P+. The zero-order valence-electron chi connectivity index (χ0n) is 10.3. The highest BCUT2D eigenvalue weighted by atomic mass is 31.2. The Labute approximate surface area is 92.9 Å². The van der Waals surface area contributed by atoms with Crippen molar-refractivity contribution in [3.05, 3.63) is 11.1 Å². The lowest BCUT2D eigenvalue weighted by atomic mass is 10.5. The molecule has 0 saturated heterocycles. The maximum atomic E-state index is 11.7. The first-order valence-corrected chi connectivity index (χ1v) is 7.68. The molecule has 0 aliphatic carbocycles. The van der Waals surface area contributed by atoms with Crippen LogP contribution in [0.1, 0.15) is 27.7 Å². The second-order valence-electron chi connectivity index (χ2n) is 3.52. The van der Waals surface area contributed by atoms with E-state index in [1.807, 2.05) is 0 Å². The fourth-order valence-electron chi connectivity index (χ4n) is 1.93. The van der Waals surface area contributed by atoms with Crippen LogP contribution in [-0.2, 0) is 9.53 Å². The molecule has 3 nitrogen and oxygen atoms in total. The van der Waals surface area contributed by atoms with Gasteiger partial charge in [-0.2, -0.15) is 0 Å². The molecule has 0 aromatic heterocycles. The summed E-state index contributed by atoms with van der Waals surface area (Å²) in [5, 5.41) is 10.2. The highest BCUT2D eigenvalue weighted by Gasteiger charge is 2.43. The number of hydrogen-bond donors (Lipinski definition) is 1. The number of aliphatic hydroxyl groups excluding tert-OH is 1. The number of allylic oxidation sites excluding steroid dienone is 1. The van der Waals surface area contributed by atoms with E-state index in [0.717, 1.165) is 18.5 Å². The van der Waals surface area contributed by atoms with Gasteiger partial charge in [-0.05, 0) is 27.7 Å². The predicted molar refractivity (Wildman–Crippen MR) is 65.9 cm³/mol. The summed E-state index contributed by atoms with van der Waals surface area (Å²) in [6, 6.07) is 0. The topological polar surface area (TPSA) is 46.5 Å². The quantitative estimate of drug-likeness (QED) is 0.343. The maximum Gasteiger partial charge on any atom is 0.376 e. The third-order valence-electron chi connectivity index (χ3n) is 3.01. The van der Waals surface area contributed by atoms with Gasteiger partial charge in [-0.15, -0.1) is 0 Å². The average Bonchev–Trinajstić information content (AvgIpc) is 2.24. The second kappa shape index (κ2) is 6.12. The van der Waals surface area contributed by atoms with E-state index in [2.05, 4.69) is 20.8 Å². The number of hydrogen-bond acceptors (Lipinski definition) is 3. The van der Waals surface area contributed by atoms with Crippen molar-refractivity contribution in [3.8, 4) is 0 Å². The molecule has 0 fully saturated rings. The Morgan fingerprint density at radius 2 is 1.60 bits per heavy atom. The van der Waals surface area contributed by atoms with Gasteiger partial charge >= 0.3 is 5.97 Å². The first-order valence-electron chi connectivity index (χ1n) is 5.33. The first kappa shape index (κ1) is 14.4. The van der Waals surface area contributed by atoms with Crippen LogP contribution < -0.4 is 0 Å². The van der Waals surface area contributed by atoms with Gasteiger partial charge in [0.15, 0.2) is 0 Å². The van der Waals surface area contributed by atoms with Gasteiger partial charge in [-0.25, -0.2) is 4.79 Å². The Morgan fingerprint density at radius 1 is 1.20 bits per heavy atom. The van der Waals surface area contributed by atoms with Gasteiger partial charge in [0, 0.05) is 0 Å². The zero-order valence-corrected chi connectivity index (χ0v) is 11.2. The Morgan fingerprint density at radius 3 is 1.80 bits per heavy atom. The lowest BCUT2D eigenvalue weighted by Crippen LogP contribution is -2.16. The Bertz CT molecular complexity index is 242. The standard InChI is InChI=1S/C11H21O3P/c1-6-15(7-2,8-3)10(9(4)12)11(13)14-5/h6-8H2,1-5H3/p+1. The monoisotopic (exact) mass is 233 g/mol. The van der Waals surface area contributed by atoms with Crippen molar-refractivity contribution in [3.63, 3.8) is 0 Å². The molecule has 0 aromatic rings. The van der Waals surface area contributed by atoms with Gasteiger partial charge in [-0.3, -0.25) is 0 Å². The lowest BCUT2D eigenvalue weighted by Gasteiger charge is -2.24. The molecule has 0 rings (SSSR count). The molecule has 0 unspecified atom stereocenters. The summed E-state index contributed by atoms with van der Waals surface area (Å²) in [6.07, 6.45) is 2.80. The third-order valence-corrected chi connectivity index (χ3v) is 8.10.